The molecule has 0 aliphatic rings. The van der Waals surface area contributed by atoms with Crippen molar-refractivity contribution in [3.63, 3.8) is 0 Å². The van der Waals surface area contributed by atoms with Crippen molar-refractivity contribution in [2.45, 2.75) is 31.1 Å². The first-order chi connectivity index (χ1) is 14.5. The zero-order chi connectivity index (χ0) is 21.5. The van der Waals surface area contributed by atoms with Gasteiger partial charge in [0.15, 0.2) is 0 Å². The number of carbonyl (C=O) groups excluding carboxylic acids is 1. The lowest BCUT2D eigenvalue weighted by atomic mass is 10.0. The monoisotopic (exact) mass is 422 g/mol. The van der Waals surface area contributed by atoms with Gasteiger partial charge in [0, 0.05) is 40.5 Å². The van der Waals surface area contributed by atoms with E-state index in [9.17, 15) is 9.59 Å². The third kappa shape index (κ3) is 5.02. The number of nitrogens with zero attached hydrogens (tertiary/aromatic N) is 1. The van der Waals surface area contributed by atoms with Gasteiger partial charge in [-0.25, -0.2) is 4.79 Å². The quantitative estimate of drug-likeness (QED) is 0.322. The van der Waals surface area contributed by atoms with E-state index in [-0.39, 0.29) is 18.7 Å². The number of ether oxygens (including phenoxy) is 1. The molecule has 0 aliphatic heterocycles. The number of aryl methyl sites for hydroxylation is 1. The Bertz CT molecular complexity index is 1160. The van der Waals surface area contributed by atoms with E-state index in [1.807, 2.05) is 43.3 Å². The van der Waals surface area contributed by atoms with Gasteiger partial charge in [0.1, 0.15) is 11.3 Å². The second-order valence-corrected chi connectivity index (χ2v) is 7.79. The molecule has 0 fully saturated rings. The molecule has 1 N–H and O–H groups in total. The minimum absolute atomic E-state index is 0.157. The van der Waals surface area contributed by atoms with Crippen molar-refractivity contribution in [2.24, 2.45) is 0 Å². The van der Waals surface area contributed by atoms with Crippen LogP contribution in [-0.4, -0.2) is 18.8 Å². The number of hydrogen-bond acceptors (Lipinski definition) is 6. The number of anilines is 1. The van der Waals surface area contributed by atoms with Gasteiger partial charge in [-0.1, -0.05) is 12.1 Å². The predicted octanol–water partition coefficient (Wildman–Crippen LogP) is 4.69. The van der Waals surface area contributed by atoms with Crippen LogP contribution in [0.25, 0.3) is 11.0 Å². The van der Waals surface area contributed by atoms with Crippen molar-refractivity contribution in [3.05, 3.63) is 64.0 Å². The highest BCUT2D eigenvalue weighted by Gasteiger charge is 2.14. The Kier molecular flexibility index (Phi) is 7.15. The molecule has 3 aromatic rings. The molecule has 0 saturated carbocycles. The summed E-state index contributed by atoms with van der Waals surface area (Å²) in [6.45, 7) is 1.86. The van der Waals surface area contributed by atoms with E-state index in [4.69, 9.17) is 14.4 Å². The van der Waals surface area contributed by atoms with Gasteiger partial charge in [0.25, 0.3) is 0 Å². The summed E-state index contributed by atoms with van der Waals surface area (Å²) in [6, 6.07) is 14.9. The van der Waals surface area contributed by atoms with Crippen molar-refractivity contribution in [1.82, 2.24) is 0 Å². The predicted molar refractivity (Wildman–Crippen MR) is 118 cm³/mol. The van der Waals surface area contributed by atoms with Crippen LogP contribution in [0.4, 0.5) is 5.69 Å². The Morgan fingerprint density at radius 3 is 2.83 bits per heavy atom. The van der Waals surface area contributed by atoms with Crippen LogP contribution in [0.1, 0.15) is 24.0 Å². The average Bonchev–Trinajstić information content (AvgIpc) is 2.74. The molecule has 0 radical (unpaired) electrons. The van der Waals surface area contributed by atoms with Crippen LogP contribution in [0.5, 0.6) is 5.75 Å². The summed E-state index contributed by atoms with van der Waals surface area (Å²) in [4.78, 5) is 25.9. The van der Waals surface area contributed by atoms with Crippen LogP contribution in [0.15, 0.2) is 56.6 Å². The highest BCUT2D eigenvalue weighted by molar-refractivity contribution is 7.99. The Balaban J connectivity index is 1.72. The summed E-state index contributed by atoms with van der Waals surface area (Å²) in [5, 5.41) is 12.4. The number of nitrogens with one attached hydrogen (secondary N) is 1. The molecule has 0 bridgehead atoms. The smallest absolute Gasteiger partial charge is 0.339 e. The van der Waals surface area contributed by atoms with E-state index >= 15 is 0 Å². The summed E-state index contributed by atoms with van der Waals surface area (Å²) < 4.78 is 10.6. The number of benzene rings is 2. The molecule has 3 rings (SSSR count). The molecule has 1 aromatic heterocycles. The number of rotatable bonds is 8. The first-order valence-electron chi connectivity index (χ1n) is 9.52. The summed E-state index contributed by atoms with van der Waals surface area (Å²) in [5.41, 5.74) is 2.05. The Morgan fingerprint density at radius 1 is 1.27 bits per heavy atom. The number of para-hydroxylation sites is 1. The number of fused-ring (bicyclic) bond motifs is 1. The zero-order valence-electron chi connectivity index (χ0n) is 16.9. The molecular weight excluding hydrogens is 400 g/mol. The Morgan fingerprint density at radius 2 is 2.07 bits per heavy atom. The molecule has 30 heavy (non-hydrogen) atoms. The number of amides is 1. The standard InChI is InChI=1S/C23H22N2O4S/c1-15-17-9-8-16(28-2)14-20(17)29-23(27)18(15)10-11-22(26)25-19-6-3-4-7-21(19)30-13-5-12-24/h3-4,6-9,14H,5,10-11,13H2,1-2H3,(H,25,26). The first-order valence-corrected chi connectivity index (χ1v) is 10.5. The molecule has 6 nitrogen and oxygen atoms in total. The molecule has 0 atom stereocenters. The lowest BCUT2D eigenvalue weighted by molar-refractivity contribution is -0.116. The fourth-order valence-electron chi connectivity index (χ4n) is 3.14. The summed E-state index contributed by atoms with van der Waals surface area (Å²) >= 11 is 1.52. The normalized spacial score (nSPS) is 10.6. The fraction of sp³-hybridized carbons (Fsp3) is 0.261. The molecule has 0 saturated heterocycles. The van der Waals surface area contributed by atoms with Crippen LogP contribution in [0, 0.1) is 18.3 Å². The summed E-state index contributed by atoms with van der Waals surface area (Å²) in [6.07, 6.45) is 0.881. The van der Waals surface area contributed by atoms with Crippen LogP contribution in [0.3, 0.4) is 0 Å². The lowest BCUT2D eigenvalue weighted by Gasteiger charge is -2.11. The Hall–Kier alpha value is -3.24. The largest absolute Gasteiger partial charge is 0.497 e. The topological polar surface area (TPSA) is 92.3 Å². The second-order valence-electron chi connectivity index (χ2n) is 6.66. The fourth-order valence-corrected chi connectivity index (χ4v) is 4.01. The van der Waals surface area contributed by atoms with Gasteiger partial charge in [-0.3, -0.25) is 4.79 Å². The SMILES string of the molecule is COc1ccc2c(C)c(CCC(=O)Nc3ccccc3SCCC#N)c(=O)oc2c1. The highest BCUT2D eigenvalue weighted by atomic mass is 32.2. The van der Waals surface area contributed by atoms with Crippen LogP contribution in [0.2, 0.25) is 0 Å². The van der Waals surface area contributed by atoms with Gasteiger partial charge < -0.3 is 14.5 Å². The average molecular weight is 423 g/mol. The Labute approximate surface area is 178 Å². The van der Waals surface area contributed by atoms with Crippen molar-refractivity contribution in [1.29, 1.82) is 5.26 Å². The summed E-state index contributed by atoms with van der Waals surface area (Å²) in [7, 11) is 1.55. The van der Waals surface area contributed by atoms with E-state index < -0.39 is 5.63 Å². The zero-order valence-corrected chi connectivity index (χ0v) is 17.7. The molecule has 154 valence electrons. The van der Waals surface area contributed by atoms with E-state index in [1.54, 1.807) is 13.2 Å². The number of hydrogen-bond donors (Lipinski definition) is 1. The van der Waals surface area contributed by atoms with Gasteiger partial charge >= 0.3 is 5.63 Å². The van der Waals surface area contributed by atoms with Gasteiger partial charge in [-0.2, -0.15) is 5.26 Å². The third-order valence-electron chi connectivity index (χ3n) is 4.73. The van der Waals surface area contributed by atoms with Crippen LogP contribution in [-0.2, 0) is 11.2 Å². The van der Waals surface area contributed by atoms with E-state index in [1.165, 1.54) is 11.8 Å². The maximum atomic E-state index is 12.5. The highest BCUT2D eigenvalue weighted by Crippen LogP contribution is 2.28. The van der Waals surface area contributed by atoms with E-state index in [0.717, 1.165) is 15.8 Å². The molecular formula is C23H22N2O4S. The van der Waals surface area contributed by atoms with Crippen molar-refractivity contribution >= 4 is 34.3 Å². The molecule has 2 aromatic carbocycles. The molecule has 0 unspecified atom stereocenters. The second kappa shape index (κ2) is 9.99. The minimum Gasteiger partial charge on any atom is -0.497 e. The van der Waals surface area contributed by atoms with Crippen molar-refractivity contribution in [3.8, 4) is 11.8 Å². The van der Waals surface area contributed by atoms with Crippen LogP contribution >= 0.6 is 11.8 Å². The van der Waals surface area contributed by atoms with Crippen molar-refractivity contribution < 1.29 is 13.9 Å². The molecule has 0 spiro atoms. The maximum Gasteiger partial charge on any atom is 0.339 e. The first kappa shape index (κ1) is 21.5. The van der Waals surface area contributed by atoms with Gasteiger partial charge in [0.2, 0.25) is 5.91 Å². The lowest BCUT2D eigenvalue weighted by Crippen LogP contribution is -2.17. The summed E-state index contributed by atoms with van der Waals surface area (Å²) in [5.74, 6) is 1.09. The number of carbonyl (C=O) groups is 1. The van der Waals surface area contributed by atoms with Crippen molar-refractivity contribution in [2.75, 3.05) is 18.2 Å². The maximum absolute atomic E-state index is 12.5. The molecule has 7 heteroatoms. The van der Waals surface area contributed by atoms with E-state index in [2.05, 4.69) is 11.4 Å². The number of methoxy groups -OCH3 is 1. The van der Waals surface area contributed by atoms with Crippen LogP contribution < -0.4 is 15.7 Å². The van der Waals surface area contributed by atoms with E-state index in [0.29, 0.717) is 34.8 Å². The molecule has 0 aliphatic carbocycles. The molecule has 1 heterocycles. The van der Waals surface area contributed by atoms with Gasteiger partial charge in [-0.15, -0.1) is 11.8 Å². The van der Waals surface area contributed by atoms with Gasteiger partial charge in [0.05, 0.1) is 18.9 Å². The number of thioether (sulfide) groups is 1. The molecule has 1 amide bonds. The van der Waals surface area contributed by atoms with Gasteiger partial charge in [-0.05, 0) is 43.2 Å². The minimum atomic E-state index is -0.437. The number of nitriles is 1. The third-order valence-corrected chi connectivity index (χ3v) is 5.80.